The molecule has 0 aliphatic carbocycles. The van der Waals surface area contributed by atoms with Crippen molar-refractivity contribution in [3.8, 4) is 0 Å². The highest BCUT2D eigenvalue weighted by Gasteiger charge is 2.40. The van der Waals surface area contributed by atoms with Crippen molar-refractivity contribution in [3.63, 3.8) is 0 Å². The molecular formula is C11H34N2O3Si4. The Bertz CT molecular complexity index is 260. The third kappa shape index (κ3) is 10.4. The van der Waals surface area contributed by atoms with E-state index < -0.39 is 26.2 Å². The number of nitrogens with two attached hydrogens (primary N) is 1. The lowest BCUT2D eigenvalue weighted by atomic mass is 10.6. The zero-order chi connectivity index (χ0) is 15.6. The summed E-state index contributed by atoms with van der Waals surface area (Å²) >= 11 is 0. The van der Waals surface area contributed by atoms with Crippen LogP contribution in [0.3, 0.4) is 0 Å². The van der Waals surface area contributed by atoms with E-state index in [0.717, 1.165) is 25.4 Å². The minimum atomic E-state index is -2.14. The third-order valence-electron chi connectivity index (χ3n) is 2.68. The van der Waals surface area contributed by atoms with E-state index in [4.69, 9.17) is 18.4 Å². The quantitative estimate of drug-likeness (QED) is 0.395. The molecule has 0 aromatic rings. The maximum absolute atomic E-state index is 6.44. The van der Waals surface area contributed by atoms with Crippen LogP contribution in [0.4, 0.5) is 0 Å². The van der Waals surface area contributed by atoms with Crippen molar-refractivity contribution in [1.82, 2.24) is 5.32 Å². The first-order valence-corrected chi connectivity index (χ1v) is 18.2. The van der Waals surface area contributed by atoms with Gasteiger partial charge in [-0.05, 0) is 39.3 Å². The van der Waals surface area contributed by atoms with E-state index in [0.29, 0.717) is 6.54 Å². The summed E-state index contributed by atoms with van der Waals surface area (Å²) < 4.78 is 18.7. The Kier molecular flexibility index (Phi) is 10.8. The van der Waals surface area contributed by atoms with Gasteiger partial charge in [-0.1, -0.05) is 6.55 Å². The van der Waals surface area contributed by atoms with E-state index in [-0.39, 0.29) is 9.52 Å². The fraction of sp³-hybridized carbons (Fsp3) is 1.00. The van der Waals surface area contributed by atoms with Crippen LogP contribution >= 0.6 is 0 Å². The van der Waals surface area contributed by atoms with Gasteiger partial charge in [0.2, 0.25) is 0 Å². The molecule has 0 spiro atoms. The third-order valence-corrected chi connectivity index (χ3v) is 13.3. The number of hydrogen-bond donors (Lipinski definition) is 2. The zero-order valence-corrected chi connectivity index (χ0v) is 18.7. The average Bonchev–Trinajstić information content (AvgIpc) is 2.30. The SMILES string of the molecule is C[SiH2]CO[Si](C)(C)O[Si](C)(CCNCCN)O[SiH](C)C. The molecule has 1 unspecified atom stereocenters. The van der Waals surface area contributed by atoms with Crippen molar-refractivity contribution in [3.05, 3.63) is 0 Å². The molecule has 0 fully saturated rings. The van der Waals surface area contributed by atoms with Crippen LogP contribution in [0.15, 0.2) is 0 Å². The Balaban J connectivity index is 4.50. The van der Waals surface area contributed by atoms with Gasteiger partial charge in [0, 0.05) is 34.9 Å². The van der Waals surface area contributed by atoms with Crippen LogP contribution in [0.1, 0.15) is 0 Å². The normalized spacial score (nSPS) is 16.2. The van der Waals surface area contributed by atoms with Crippen LogP contribution in [-0.4, -0.2) is 61.5 Å². The molecule has 1 atom stereocenters. The molecule has 0 saturated carbocycles. The molecule has 0 amide bonds. The van der Waals surface area contributed by atoms with E-state index in [1.54, 1.807) is 0 Å². The van der Waals surface area contributed by atoms with Crippen LogP contribution in [0.2, 0.25) is 45.3 Å². The Hall–Kier alpha value is 0.668. The molecule has 5 nitrogen and oxygen atoms in total. The summed E-state index contributed by atoms with van der Waals surface area (Å²) in [5, 5.41) is 3.34. The molecule has 20 heavy (non-hydrogen) atoms. The maximum Gasteiger partial charge on any atom is 0.322 e. The Labute approximate surface area is 131 Å². The van der Waals surface area contributed by atoms with Gasteiger partial charge in [0.05, 0.1) is 0 Å². The van der Waals surface area contributed by atoms with E-state index in [2.05, 4.69) is 44.6 Å². The van der Waals surface area contributed by atoms with Gasteiger partial charge in [-0.3, -0.25) is 0 Å². The van der Waals surface area contributed by atoms with Crippen molar-refractivity contribution >= 4 is 35.7 Å². The van der Waals surface area contributed by atoms with Gasteiger partial charge in [-0.2, -0.15) is 0 Å². The van der Waals surface area contributed by atoms with Crippen molar-refractivity contribution in [1.29, 1.82) is 0 Å². The Morgan fingerprint density at radius 3 is 2.35 bits per heavy atom. The largest absolute Gasteiger partial charge is 0.439 e. The molecule has 9 heteroatoms. The molecule has 122 valence electrons. The molecule has 0 aliphatic heterocycles. The first kappa shape index (κ1) is 20.7. The van der Waals surface area contributed by atoms with Crippen LogP contribution in [0, 0.1) is 0 Å². The summed E-state index contributed by atoms with van der Waals surface area (Å²) in [4.78, 5) is 0. The second-order valence-electron chi connectivity index (χ2n) is 5.94. The van der Waals surface area contributed by atoms with Gasteiger partial charge in [-0.25, -0.2) is 0 Å². The first-order chi connectivity index (χ1) is 9.24. The minimum Gasteiger partial charge on any atom is -0.439 e. The number of nitrogens with one attached hydrogen (secondary N) is 1. The predicted octanol–water partition coefficient (Wildman–Crippen LogP) is 0.516. The van der Waals surface area contributed by atoms with Crippen LogP contribution < -0.4 is 11.1 Å². The second kappa shape index (κ2) is 10.4. The maximum atomic E-state index is 6.44. The monoisotopic (exact) mass is 354 g/mol. The zero-order valence-electron chi connectivity index (χ0n) is 14.1. The minimum absolute atomic E-state index is 0.0741. The van der Waals surface area contributed by atoms with E-state index >= 15 is 0 Å². The van der Waals surface area contributed by atoms with Gasteiger partial charge in [0.1, 0.15) is 0 Å². The lowest BCUT2D eigenvalue weighted by Gasteiger charge is -2.36. The highest BCUT2D eigenvalue weighted by atomic mass is 28.5. The van der Waals surface area contributed by atoms with Gasteiger partial charge in [0.15, 0.2) is 9.04 Å². The molecule has 0 rings (SSSR count). The lowest BCUT2D eigenvalue weighted by molar-refractivity contribution is 0.264. The molecule has 0 radical (unpaired) electrons. The fourth-order valence-electron chi connectivity index (χ4n) is 2.07. The molecule has 0 saturated heterocycles. The van der Waals surface area contributed by atoms with Gasteiger partial charge in [-0.15, -0.1) is 0 Å². The van der Waals surface area contributed by atoms with Gasteiger partial charge < -0.3 is 23.7 Å². The molecule has 3 N–H and O–H groups in total. The summed E-state index contributed by atoms with van der Waals surface area (Å²) in [5.74, 6) is 0. The first-order valence-electron chi connectivity index (χ1n) is 7.67. The summed E-state index contributed by atoms with van der Waals surface area (Å²) in [5.41, 5.74) is 5.50. The topological polar surface area (TPSA) is 65.7 Å². The Morgan fingerprint density at radius 2 is 1.85 bits per heavy atom. The van der Waals surface area contributed by atoms with Crippen LogP contribution in [0.5, 0.6) is 0 Å². The smallest absolute Gasteiger partial charge is 0.322 e. The summed E-state index contributed by atoms with van der Waals surface area (Å²) in [6.07, 6.45) is 0.911. The van der Waals surface area contributed by atoms with Gasteiger partial charge >= 0.3 is 17.1 Å². The van der Waals surface area contributed by atoms with Gasteiger partial charge in [0.25, 0.3) is 0 Å². The Morgan fingerprint density at radius 1 is 1.20 bits per heavy atom. The molecule has 0 aromatic carbocycles. The summed E-state index contributed by atoms with van der Waals surface area (Å²) in [7, 11) is -5.38. The summed E-state index contributed by atoms with van der Waals surface area (Å²) in [6.45, 7) is 15.6. The lowest BCUT2D eigenvalue weighted by Crippen LogP contribution is -2.53. The fourth-order valence-corrected chi connectivity index (χ4v) is 15.4. The highest BCUT2D eigenvalue weighted by Crippen LogP contribution is 2.21. The molecule has 0 aromatic heterocycles. The predicted molar refractivity (Wildman–Crippen MR) is 97.2 cm³/mol. The van der Waals surface area contributed by atoms with E-state index in [9.17, 15) is 0 Å². The number of rotatable bonds is 12. The average molecular weight is 355 g/mol. The van der Waals surface area contributed by atoms with E-state index in [1.807, 2.05) is 0 Å². The highest BCUT2D eigenvalue weighted by molar-refractivity contribution is 6.82. The van der Waals surface area contributed by atoms with Crippen LogP contribution in [-0.2, 0) is 12.7 Å². The van der Waals surface area contributed by atoms with E-state index in [1.165, 1.54) is 0 Å². The van der Waals surface area contributed by atoms with Crippen molar-refractivity contribution in [2.75, 3.05) is 25.9 Å². The standard InChI is InChI=1S/C11H34N2O3Si4/c1-17-11-14-19(4,5)16-20(6,15-18(2)3)10-9-13-8-7-12/h13,18H,7-12,17H2,1-6H3. The number of hydrogen-bond acceptors (Lipinski definition) is 5. The molecular weight excluding hydrogens is 320 g/mol. The van der Waals surface area contributed by atoms with Crippen molar-refractivity contribution in [2.24, 2.45) is 5.73 Å². The summed E-state index contributed by atoms with van der Waals surface area (Å²) in [6, 6.07) is 0.960. The van der Waals surface area contributed by atoms with Crippen molar-refractivity contribution < 1.29 is 12.7 Å². The van der Waals surface area contributed by atoms with Crippen LogP contribution in [0.25, 0.3) is 0 Å². The molecule has 0 bridgehead atoms. The second-order valence-corrected chi connectivity index (χ2v) is 17.1. The molecule has 0 heterocycles. The van der Waals surface area contributed by atoms with Crippen molar-refractivity contribution in [2.45, 2.75) is 45.3 Å². The molecule has 0 aliphatic rings.